The molecule has 1 aliphatic heterocycles. The van der Waals surface area contributed by atoms with Gasteiger partial charge in [0.15, 0.2) is 5.69 Å². The fraction of sp³-hybridized carbons (Fsp3) is 0.733. The number of nitrogens with zero attached hydrogens (tertiary/aromatic N) is 3. The number of alkyl halides is 3. The first-order valence-corrected chi connectivity index (χ1v) is 8.45. The van der Waals surface area contributed by atoms with Gasteiger partial charge in [-0.3, -0.25) is 9.48 Å². The number of likely N-dealkylation sites (tertiary alicyclic amines) is 1. The molecule has 0 radical (unpaired) electrons. The summed E-state index contributed by atoms with van der Waals surface area (Å²) in [5, 5.41) is 6.11. The van der Waals surface area contributed by atoms with Crippen molar-refractivity contribution in [1.82, 2.24) is 20.0 Å². The molecular formula is C15H20ClF3N4O. The molecular weight excluding hydrogens is 345 g/mol. The Bertz CT molecular complexity index is 619. The fourth-order valence-corrected chi connectivity index (χ4v) is 3.46. The summed E-state index contributed by atoms with van der Waals surface area (Å²) in [6.45, 7) is 1.56. The lowest BCUT2D eigenvalue weighted by Crippen LogP contribution is -2.44. The van der Waals surface area contributed by atoms with Gasteiger partial charge in [-0.25, -0.2) is 0 Å². The highest BCUT2D eigenvalue weighted by molar-refractivity contribution is 6.32. The molecule has 0 bridgehead atoms. The molecule has 0 atom stereocenters. The van der Waals surface area contributed by atoms with E-state index >= 15 is 0 Å². The van der Waals surface area contributed by atoms with Gasteiger partial charge in [0.2, 0.25) is 5.91 Å². The van der Waals surface area contributed by atoms with Crippen LogP contribution in [0.15, 0.2) is 0 Å². The third-order valence-electron chi connectivity index (χ3n) is 4.54. The van der Waals surface area contributed by atoms with E-state index in [1.807, 2.05) is 7.05 Å². The Morgan fingerprint density at radius 2 is 1.92 bits per heavy atom. The van der Waals surface area contributed by atoms with E-state index in [-0.39, 0.29) is 29.4 Å². The fourth-order valence-electron chi connectivity index (χ4n) is 3.06. The van der Waals surface area contributed by atoms with Crippen molar-refractivity contribution in [2.24, 2.45) is 0 Å². The summed E-state index contributed by atoms with van der Waals surface area (Å²) in [6, 6.07) is 0.0613. The molecule has 0 aromatic carbocycles. The smallest absolute Gasteiger partial charge is 0.352 e. The first-order valence-electron chi connectivity index (χ1n) is 8.07. The predicted octanol–water partition coefficient (Wildman–Crippen LogP) is 2.64. The SMILES string of the molecule is CN1CCC(NC(=O)Cn2nc(C(F)(F)F)c(Cl)c2C2CC2)CC1. The second-order valence-corrected chi connectivity index (χ2v) is 7.00. The van der Waals surface area contributed by atoms with Crippen LogP contribution in [0, 0.1) is 0 Å². The molecule has 2 aliphatic rings. The first-order chi connectivity index (χ1) is 11.3. The number of halogens is 4. The molecule has 1 saturated heterocycles. The van der Waals surface area contributed by atoms with Crippen LogP contribution < -0.4 is 5.32 Å². The summed E-state index contributed by atoms with van der Waals surface area (Å²) in [5.74, 6) is -0.350. The van der Waals surface area contributed by atoms with Crippen molar-refractivity contribution in [1.29, 1.82) is 0 Å². The number of nitrogens with one attached hydrogen (secondary N) is 1. The minimum atomic E-state index is -4.61. The standard InChI is InChI=1S/C15H20ClF3N4O/c1-22-6-4-10(5-7-22)20-11(24)8-23-13(9-2-3-9)12(16)14(21-23)15(17,18)19/h9-10H,2-8H2,1H3,(H,20,24). The molecule has 24 heavy (non-hydrogen) atoms. The number of aromatic nitrogens is 2. The summed E-state index contributed by atoms with van der Waals surface area (Å²) in [5.41, 5.74) is -0.763. The van der Waals surface area contributed by atoms with E-state index in [0.717, 1.165) is 43.5 Å². The number of carbonyl (C=O) groups is 1. The van der Waals surface area contributed by atoms with Crippen molar-refractivity contribution < 1.29 is 18.0 Å². The lowest BCUT2D eigenvalue weighted by molar-refractivity contribution is -0.141. The van der Waals surface area contributed by atoms with Crippen molar-refractivity contribution in [3.05, 3.63) is 16.4 Å². The van der Waals surface area contributed by atoms with Crippen LogP contribution in [0.3, 0.4) is 0 Å². The average Bonchev–Trinajstić information content (AvgIpc) is 3.25. The van der Waals surface area contributed by atoms with E-state index in [1.165, 1.54) is 0 Å². The zero-order valence-corrected chi connectivity index (χ0v) is 14.1. The summed E-state index contributed by atoms with van der Waals surface area (Å²) in [7, 11) is 2.02. The second kappa shape index (κ2) is 6.55. The van der Waals surface area contributed by atoms with Crippen molar-refractivity contribution in [2.45, 2.75) is 50.4 Å². The molecule has 3 rings (SSSR count). The quantitative estimate of drug-likeness (QED) is 0.893. The number of rotatable bonds is 4. The van der Waals surface area contributed by atoms with Crippen LogP contribution in [0.5, 0.6) is 0 Å². The monoisotopic (exact) mass is 364 g/mol. The predicted molar refractivity (Wildman–Crippen MR) is 82.9 cm³/mol. The highest BCUT2D eigenvalue weighted by atomic mass is 35.5. The second-order valence-electron chi connectivity index (χ2n) is 6.62. The first kappa shape index (κ1) is 17.5. The number of amides is 1. The summed E-state index contributed by atoms with van der Waals surface area (Å²) in [4.78, 5) is 14.4. The van der Waals surface area contributed by atoms with Crippen molar-refractivity contribution >= 4 is 17.5 Å². The van der Waals surface area contributed by atoms with Crippen LogP contribution in [0.2, 0.25) is 5.02 Å². The van der Waals surface area contributed by atoms with Gasteiger partial charge in [-0.15, -0.1) is 0 Å². The molecule has 1 aromatic heterocycles. The van der Waals surface area contributed by atoms with Crippen molar-refractivity contribution in [3.8, 4) is 0 Å². The Morgan fingerprint density at radius 3 is 2.46 bits per heavy atom. The lowest BCUT2D eigenvalue weighted by Gasteiger charge is -2.29. The van der Waals surface area contributed by atoms with Gasteiger partial charge in [-0.05, 0) is 45.8 Å². The molecule has 2 heterocycles. The number of piperidine rings is 1. The van der Waals surface area contributed by atoms with E-state index in [4.69, 9.17) is 11.6 Å². The zero-order valence-electron chi connectivity index (χ0n) is 13.4. The third kappa shape index (κ3) is 3.85. The van der Waals surface area contributed by atoms with E-state index in [2.05, 4.69) is 15.3 Å². The molecule has 1 aliphatic carbocycles. The molecule has 1 saturated carbocycles. The Morgan fingerprint density at radius 1 is 1.29 bits per heavy atom. The van der Waals surface area contributed by atoms with E-state index < -0.39 is 11.9 Å². The molecule has 0 unspecified atom stereocenters. The minimum absolute atomic E-state index is 0.0303. The maximum absolute atomic E-state index is 13.0. The Balaban J connectivity index is 1.71. The van der Waals surface area contributed by atoms with Crippen LogP contribution >= 0.6 is 11.6 Å². The van der Waals surface area contributed by atoms with Crippen LogP contribution in [0.25, 0.3) is 0 Å². The third-order valence-corrected chi connectivity index (χ3v) is 4.91. The van der Waals surface area contributed by atoms with E-state index in [0.29, 0.717) is 5.69 Å². The number of hydrogen-bond donors (Lipinski definition) is 1. The maximum atomic E-state index is 13.0. The van der Waals surface area contributed by atoms with Crippen LogP contribution in [-0.2, 0) is 17.5 Å². The lowest BCUT2D eigenvalue weighted by atomic mass is 10.1. The summed E-state index contributed by atoms with van der Waals surface area (Å²) in [6.07, 6.45) is -1.38. The topological polar surface area (TPSA) is 50.2 Å². The van der Waals surface area contributed by atoms with Gasteiger partial charge in [0, 0.05) is 12.0 Å². The normalized spacial score (nSPS) is 20.4. The Kier molecular flexibility index (Phi) is 4.79. The van der Waals surface area contributed by atoms with Gasteiger partial charge in [0.25, 0.3) is 0 Å². The Labute approximate surface area is 143 Å². The number of hydrogen-bond acceptors (Lipinski definition) is 3. The van der Waals surface area contributed by atoms with Crippen molar-refractivity contribution in [3.63, 3.8) is 0 Å². The molecule has 9 heteroatoms. The largest absolute Gasteiger partial charge is 0.436 e. The molecule has 134 valence electrons. The van der Waals surface area contributed by atoms with Gasteiger partial charge in [-0.1, -0.05) is 11.6 Å². The Hall–Kier alpha value is -1.28. The van der Waals surface area contributed by atoms with Crippen LogP contribution in [0.1, 0.15) is 43.0 Å². The number of carbonyl (C=O) groups excluding carboxylic acids is 1. The minimum Gasteiger partial charge on any atom is -0.352 e. The molecule has 1 amide bonds. The van der Waals surface area contributed by atoms with Crippen LogP contribution in [-0.4, -0.2) is 46.8 Å². The van der Waals surface area contributed by atoms with E-state index in [1.54, 1.807) is 0 Å². The van der Waals surface area contributed by atoms with E-state index in [9.17, 15) is 18.0 Å². The zero-order chi connectivity index (χ0) is 17.5. The van der Waals surface area contributed by atoms with Crippen LogP contribution in [0.4, 0.5) is 13.2 Å². The van der Waals surface area contributed by atoms with Crippen molar-refractivity contribution in [2.75, 3.05) is 20.1 Å². The maximum Gasteiger partial charge on any atom is 0.436 e. The average molecular weight is 365 g/mol. The van der Waals surface area contributed by atoms with Gasteiger partial charge in [-0.2, -0.15) is 18.3 Å². The summed E-state index contributed by atoms with van der Waals surface area (Å²) < 4.78 is 40.2. The highest BCUT2D eigenvalue weighted by Crippen LogP contribution is 2.46. The highest BCUT2D eigenvalue weighted by Gasteiger charge is 2.42. The van der Waals surface area contributed by atoms with Gasteiger partial charge >= 0.3 is 6.18 Å². The molecule has 0 spiro atoms. The summed E-state index contributed by atoms with van der Waals surface area (Å²) >= 11 is 5.90. The molecule has 1 aromatic rings. The van der Waals surface area contributed by atoms with Gasteiger partial charge in [0.1, 0.15) is 6.54 Å². The molecule has 1 N–H and O–H groups in total. The molecule has 5 nitrogen and oxygen atoms in total. The van der Waals surface area contributed by atoms with Gasteiger partial charge < -0.3 is 10.2 Å². The molecule has 2 fully saturated rings. The van der Waals surface area contributed by atoms with Gasteiger partial charge in [0.05, 0.1) is 10.7 Å².